The van der Waals surface area contributed by atoms with Crippen LogP contribution in [-0.4, -0.2) is 70.9 Å². The van der Waals surface area contributed by atoms with Crippen LogP contribution in [-0.2, 0) is 19.5 Å². The SMILES string of the molecule is O=c1c2ccc(N3CCC(N4CCCC4)CC3)cc2c(Cl)cn1C[C@H](O)CN1CCc2ccccc2C1. The topological polar surface area (TPSA) is 52.0 Å². The third-order valence-corrected chi connectivity index (χ3v) is 8.89. The molecule has 0 saturated carbocycles. The number of fused-ring (bicyclic) bond motifs is 2. The summed E-state index contributed by atoms with van der Waals surface area (Å²) in [5.74, 6) is 0. The number of nitrogens with zero attached hydrogens (tertiary/aromatic N) is 4. The van der Waals surface area contributed by atoms with Crippen LogP contribution in [0.3, 0.4) is 0 Å². The second-order valence-electron chi connectivity index (χ2n) is 11.0. The minimum Gasteiger partial charge on any atom is -0.390 e. The summed E-state index contributed by atoms with van der Waals surface area (Å²) < 4.78 is 1.58. The second-order valence-corrected chi connectivity index (χ2v) is 11.4. The number of rotatable bonds is 6. The van der Waals surface area contributed by atoms with Gasteiger partial charge in [-0.15, -0.1) is 0 Å². The number of hydrogen-bond acceptors (Lipinski definition) is 5. The van der Waals surface area contributed by atoms with Gasteiger partial charge in [0.2, 0.25) is 0 Å². The lowest BCUT2D eigenvalue weighted by molar-refractivity contribution is 0.0911. The molecular weight excluding hydrogens is 484 g/mol. The maximum Gasteiger partial charge on any atom is 0.258 e. The van der Waals surface area contributed by atoms with Gasteiger partial charge in [-0.05, 0) is 74.5 Å². The highest BCUT2D eigenvalue weighted by molar-refractivity contribution is 6.35. The smallest absolute Gasteiger partial charge is 0.258 e. The number of piperidine rings is 1. The van der Waals surface area contributed by atoms with Crippen LogP contribution in [0.4, 0.5) is 5.69 Å². The summed E-state index contributed by atoms with van der Waals surface area (Å²) in [7, 11) is 0. The van der Waals surface area contributed by atoms with Gasteiger partial charge in [0.1, 0.15) is 0 Å². The Bertz CT molecular complexity index is 1310. The van der Waals surface area contributed by atoms with Gasteiger partial charge in [0.05, 0.1) is 17.7 Å². The Morgan fingerprint density at radius 1 is 0.919 bits per heavy atom. The van der Waals surface area contributed by atoms with Gasteiger partial charge >= 0.3 is 0 Å². The molecule has 3 aliphatic rings. The molecule has 7 heteroatoms. The van der Waals surface area contributed by atoms with Crippen molar-refractivity contribution in [3.8, 4) is 0 Å². The number of pyridine rings is 1. The number of aliphatic hydroxyl groups is 1. The lowest BCUT2D eigenvalue weighted by atomic mass is 10.00. The summed E-state index contributed by atoms with van der Waals surface area (Å²) >= 11 is 6.71. The Labute approximate surface area is 224 Å². The van der Waals surface area contributed by atoms with E-state index in [1.165, 1.54) is 49.9 Å². The van der Waals surface area contributed by atoms with Gasteiger partial charge < -0.3 is 19.5 Å². The molecule has 1 N–H and O–H groups in total. The van der Waals surface area contributed by atoms with Crippen molar-refractivity contribution in [3.63, 3.8) is 0 Å². The van der Waals surface area contributed by atoms with Crippen molar-refractivity contribution in [3.05, 3.63) is 75.2 Å². The molecule has 6 nitrogen and oxygen atoms in total. The van der Waals surface area contributed by atoms with Crippen molar-refractivity contribution in [2.75, 3.05) is 44.2 Å². The molecule has 0 aliphatic carbocycles. The second kappa shape index (κ2) is 10.8. The van der Waals surface area contributed by atoms with Crippen LogP contribution in [0.15, 0.2) is 53.5 Å². The number of aliphatic hydroxyl groups excluding tert-OH is 1. The van der Waals surface area contributed by atoms with E-state index in [1.54, 1.807) is 10.8 Å². The fourth-order valence-electron chi connectivity index (χ4n) is 6.56. The highest BCUT2D eigenvalue weighted by Gasteiger charge is 2.27. The van der Waals surface area contributed by atoms with Crippen LogP contribution in [0.1, 0.15) is 36.8 Å². The molecule has 4 heterocycles. The van der Waals surface area contributed by atoms with Crippen LogP contribution in [0.5, 0.6) is 0 Å². The molecule has 2 fully saturated rings. The molecule has 6 rings (SSSR count). The first-order valence-electron chi connectivity index (χ1n) is 13.8. The van der Waals surface area contributed by atoms with Crippen LogP contribution in [0, 0.1) is 0 Å². The number of aromatic nitrogens is 1. The van der Waals surface area contributed by atoms with E-state index in [-0.39, 0.29) is 12.1 Å². The third-order valence-electron chi connectivity index (χ3n) is 8.59. The van der Waals surface area contributed by atoms with E-state index < -0.39 is 6.10 Å². The first-order chi connectivity index (χ1) is 18.0. The normalized spacial score (nSPS) is 20.4. The average Bonchev–Trinajstić information content (AvgIpc) is 3.46. The summed E-state index contributed by atoms with van der Waals surface area (Å²) in [4.78, 5) is 20.7. The standard InChI is InChI=1S/C30H37ClN4O2/c31-29-21-35(20-26(36)19-32-14-9-22-5-1-2-6-23(22)18-32)30(37)27-8-7-25(17-28(27)29)34-15-10-24(11-16-34)33-12-3-4-13-33/h1-2,5-8,17,21,24,26,36H,3-4,9-16,18-20H2/t26-/m1/s1. The highest BCUT2D eigenvalue weighted by atomic mass is 35.5. The summed E-state index contributed by atoms with van der Waals surface area (Å²) in [6.45, 7) is 7.09. The predicted octanol–water partition coefficient (Wildman–Crippen LogP) is 4.14. The third kappa shape index (κ3) is 5.30. The zero-order chi connectivity index (χ0) is 25.4. The lowest BCUT2D eigenvalue weighted by Crippen LogP contribution is -2.43. The van der Waals surface area contributed by atoms with Gasteiger partial charge in [0, 0.05) is 61.4 Å². The van der Waals surface area contributed by atoms with Gasteiger partial charge in [-0.2, -0.15) is 0 Å². The number of hydrogen-bond donors (Lipinski definition) is 1. The summed E-state index contributed by atoms with van der Waals surface area (Å²) in [6, 6.07) is 15.2. The minimum atomic E-state index is -0.646. The Morgan fingerprint density at radius 2 is 1.68 bits per heavy atom. The van der Waals surface area contributed by atoms with Gasteiger partial charge in [0.15, 0.2) is 0 Å². The molecule has 2 saturated heterocycles. The van der Waals surface area contributed by atoms with Crippen LogP contribution in [0.2, 0.25) is 5.02 Å². The maximum atomic E-state index is 13.3. The highest BCUT2D eigenvalue weighted by Crippen LogP contribution is 2.29. The first kappa shape index (κ1) is 24.9. The molecule has 3 aromatic rings. The van der Waals surface area contributed by atoms with E-state index >= 15 is 0 Å². The maximum absolute atomic E-state index is 13.3. The molecule has 1 atom stereocenters. The molecule has 0 bridgehead atoms. The van der Waals surface area contributed by atoms with Crippen molar-refractivity contribution < 1.29 is 5.11 Å². The van der Waals surface area contributed by atoms with Gasteiger partial charge in [0.25, 0.3) is 5.56 Å². The van der Waals surface area contributed by atoms with Crippen molar-refractivity contribution in [2.24, 2.45) is 0 Å². The van der Waals surface area contributed by atoms with Crippen LogP contribution >= 0.6 is 11.6 Å². The van der Waals surface area contributed by atoms with E-state index in [2.05, 4.69) is 51.1 Å². The van der Waals surface area contributed by atoms with Crippen molar-refractivity contribution in [1.29, 1.82) is 0 Å². The molecule has 196 valence electrons. The Kier molecular flexibility index (Phi) is 7.26. The Balaban J connectivity index is 1.13. The van der Waals surface area contributed by atoms with E-state index in [1.807, 2.05) is 6.07 Å². The van der Waals surface area contributed by atoms with Gasteiger partial charge in [-0.1, -0.05) is 35.9 Å². The largest absolute Gasteiger partial charge is 0.390 e. The number of β-amino-alcohol motifs (C(OH)–C–C–N with tert-alkyl or cyclic N) is 1. The fourth-order valence-corrected chi connectivity index (χ4v) is 6.83. The predicted molar refractivity (Wildman–Crippen MR) is 151 cm³/mol. The number of benzene rings is 2. The summed E-state index contributed by atoms with van der Waals surface area (Å²) in [6.07, 6.45) is 7.09. The van der Waals surface area contributed by atoms with Crippen molar-refractivity contribution >= 4 is 28.1 Å². The molecule has 0 amide bonds. The van der Waals surface area contributed by atoms with Crippen molar-refractivity contribution in [2.45, 2.75) is 57.3 Å². The Morgan fingerprint density at radius 3 is 2.46 bits per heavy atom. The van der Waals surface area contributed by atoms with Gasteiger partial charge in [-0.25, -0.2) is 0 Å². The molecule has 0 unspecified atom stereocenters. The molecular formula is C30H37ClN4O2. The molecule has 0 radical (unpaired) electrons. The molecule has 1 aromatic heterocycles. The van der Waals surface area contributed by atoms with Crippen molar-refractivity contribution in [1.82, 2.24) is 14.4 Å². The fraction of sp³-hybridized carbons (Fsp3) is 0.500. The van der Waals surface area contributed by atoms with E-state index in [9.17, 15) is 9.90 Å². The Hall–Kier alpha value is -2.38. The quantitative estimate of drug-likeness (QED) is 0.529. The van der Waals surface area contributed by atoms with Gasteiger partial charge in [-0.3, -0.25) is 9.69 Å². The molecule has 3 aliphatic heterocycles. The number of anilines is 1. The number of likely N-dealkylation sites (tertiary alicyclic amines) is 1. The minimum absolute atomic E-state index is 0.0956. The lowest BCUT2D eigenvalue weighted by Gasteiger charge is -2.38. The number of halogens is 1. The summed E-state index contributed by atoms with van der Waals surface area (Å²) in [5.41, 5.74) is 3.75. The summed E-state index contributed by atoms with van der Waals surface area (Å²) in [5, 5.41) is 12.8. The zero-order valence-electron chi connectivity index (χ0n) is 21.5. The molecule has 2 aromatic carbocycles. The zero-order valence-corrected chi connectivity index (χ0v) is 22.2. The van der Waals surface area contributed by atoms with E-state index in [0.29, 0.717) is 23.0 Å². The van der Waals surface area contributed by atoms with Crippen LogP contribution in [0.25, 0.3) is 10.8 Å². The van der Waals surface area contributed by atoms with Crippen LogP contribution < -0.4 is 10.5 Å². The first-order valence-corrected chi connectivity index (χ1v) is 14.2. The molecule has 37 heavy (non-hydrogen) atoms. The van der Waals surface area contributed by atoms with E-state index in [4.69, 9.17) is 11.6 Å². The van der Waals surface area contributed by atoms with E-state index in [0.717, 1.165) is 43.7 Å². The monoisotopic (exact) mass is 520 g/mol. The molecule has 0 spiro atoms. The average molecular weight is 521 g/mol.